The van der Waals surface area contributed by atoms with Crippen LogP contribution >= 0.6 is 0 Å². The van der Waals surface area contributed by atoms with E-state index in [0.29, 0.717) is 17.6 Å². The van der Waals surface area contributed by atoms with Crippen molar-refractivity contribution in [3.8, 4) is 0 Å². The Morgan fingerprint density at radius 1 is 1.22 bits per heavy atom. The first kappa shape index (κ1) is 11.7. The zero-order chi connectivity index (χ0) is 12.4. The number of pyridine rings is 1. The van der Waals surface area contributed by atoms with Crippen molar-refractivity contribution in [3.63, 3.8) is 0 Å². The van der Waals surface area contributed by atoms with Crippen molar-refractivity contribution in [3.05, 3.63) is 30.1 Å². The molecule has 0 radical (unpaired) electrons. The van der Waals surface area contributed by atoms with Crippen LogP contribution in [0.15, 0.2) is 24.5 Å². The van der Waals surface area contributed by atoms with Gasteiger partial charge >= 0.3 is 0 Å². The first-order chi connectivity index (χ1) is 8.84. The van der Waals surface area contributed by atoms with Gasteiger partial charge in [-0.1, -0.05) is 6.42 Å². The normalized spacial score (nSPS) is 27.8. The van der Waals surface area contributed by atoms with Gasteiger partial charge < -0.3 is 5.32 Å². The van der Waals surface area contributed by atoms with Gasteiger partial charge in [-0.25, -0.2) is 0 Å². The number of carbonyl (C=O) groups is 1. The maximum atomic E-state index is 12.1. The van der Waals surface area contributed by atoms with Crippen molar-refractivity contribution in [1.29, 1.82) is 0 Å². The van der Waals surface area contributed by atoms with Gasteiger partial charge in [0, 0.05) is 36.6 Å². The van der Waals surface area contributed by atoms with Gasteiger partial charge in [0.05, 0.1) is 0 Å². The summed E-state index contributed by atoms with van der Waals surface area (Å²) < 4.78 is 0. The molecule has 1 N–H and O–H groups in total. The molecule has 3 rings (SSSR count). The van der Waals surface area contributed by atoms with Crippen molar-refractivity contribution < 1.29 is 4.79 Å². The highest BCUT2D eigenvalue weighted by Gasteiger charge is 2.36. The van der Waals surface area contributed by atoms with E-state index in [4.69, 9.17) is 0 Å². The van der Waals surface area contributed by atoms with E-state index in [1.165, 1.54) is 25.8 Å². The van der Waals surface area contributed by atoms with Crippen LogP contribution in [0.4, 0.5) is 0 Å². The van der Waals surface area contributed by atoms with Crippen molar-refractivity contribution in [2.45, 2.75) is 37.8 Å². The van der Waals surface area contributed by atoms with E-state index in [1.807, 2.05) is 0 Å². The van der Waals surface area contributed by atoms with Crippen LogP contribution in [0.1, 0.15) is 36.0 Å². The standard InChI is InChI=1S/C14H19N3O/c18-14(11-4-7-15-8-5-11)16-12-6-10-17-9-2-1-3-13(12)17/h4-5,7-8,12-13H,1-3,6,9-10H2,(H,16,18). The van der Waals surface area contributed by atoms with E-state index in [1.54, 1.807) is 24.5 Å². The van der Waals surface area contributed by atoms with Gasteiger partial charge in [0.15, 0.2) is 0 Å². The fraction of sp³-hybridized carbons (Fsp3) is 0.571. The molecule has 0 spiro atoms. The lowest BCUT2D eigenvalue weighted by molar-refractivity contribution is 0.0915. The summed E-state index contributed by atoms with van der Waals surface area (Å²) in [6, 6.07) is 4.42. The maximum Gasteiger partial charge on any atom is 0.251 e. The number of aromatic nitrogens is 1. The maximum absolute atomic E-state index is 12.1. The minimum absolute atomic E-state index is 0.0369. The van der Waals surface area contributed by atoms with Gasteiger partial charge in [-0.05, 0) is 37.9 Å². The first-order valence-electron chi connectivity index (χ1n) is 6.79. The number of amides is 1. The van der Waals surface area contributed by atoms with Crippen molar-refractivity contribution >= 4 is 5.91 Å². The Hall–Kier alpha value is -1.42. The van der Waals surface area contributed by atoms with Gasteiger partial charge in [0.1, 0.15) is 0 Å². The number of nitrogens with one attached hydrogen (secondary N) is 1. The Labute approximate surface area is 107 Å². The highest BCUT2D eigenvalue weighted by molar-refractivity contribution is 5.94. The molecule has 2 aliphatic heterocycles. The topological polar surface area (TPSA) is 45.2 Å². The van der Waals surface area contributed by atoms with Crippen molar-refractivity contribution in [1.82, 2.24) is 15.2 Å². The second kappa shape index (κ2) is 5.06. The van der Waals surface area contributed by atoms with Crippen molar-refractivity contribution in [2.75, 3.05) is 13.1 Å². The Bertz CT molecular complexity index is 420. The Morgan fingerprint density at radius 2 is 2.06 bits per heavy atom. The molecule has 4 nitrogen and oxygen atoms in total. The molecule has 3 heterocycles. The molecule has 2 unspecified atom stereocenters. The molecule has 2 saturated heterocycles. The molecule has 2 atom stereocenters. The van der Waals surface area contributed by atoms with E-state index >= 15 is 0 Å². The number of carbonyl (C=O) groups excluding carboxylic acids is 1. The quantitative estimate of drug-likeness (QED) is 0.857. The van der Waals surface area contributed by atoms with Crippen LogP contribution in [0.2, 0.25) is 0 Å². The smallest absolute Gasteiger partial charge is 0.251 e. The van der Waals surface area contributed by atoms with Gasteiger partial charge in [-0.3, -0.25) is 14.7 Å². The molecule has 1 aromatic rings. The summed E-state index contributed by atoms with van der Waals surface area (Å²) in [6.45, 7) is 2.33. The molecule has 96 valence electrons. The first-order valence-corrected chi connectivity index (χ1v) is 6.79. The van der Waals surface area contributed by atoms with Crippen LogP contribution in [0.5, 0.6) is 0 Å². The largest absolute Gasteiger partial charge is 0.348 e. The fourth-order valence-corrected chi connectivity index (χ4v) is 3.17. The lowest BCUT2D eigenvalue weighted by Crippen LogP contribution is -2.46. The summed E-state index contributed by atoms with van der Waals surface area (Å²) in [5.41, 5.74) is 0.708. The molecule has 0 bridgehead atoms. The van der Waals surface area contributed by atoms with E-state index in [-0.39, 0.29) is 5.91 Å². The number of hydrogen-bond acceptors (Lipinski definition) is 3. The van der Waals surface area contributed by atoms with E-state index < -0.39 is 0 Å². The summed E-state index contributed by atoms with van der Waals surface area (Å²) >= 11 is 0. The Balaban J connectivity index is 1.65. The molecule has 0 aliphatic carbocycles. The summed E-state index contributed by atoms with van der Waals surface area (Å²) in [4.78, 5) is 18.6. The molecule has 1 aromatic heterocycles. The zero-order valence-electron chi connectivity index (χ0n) is 10.5. The molecule has 1 amide bonds. The lowest BCUT2D eigenvalue weighted by Gasteiger charge is -2.32. The molecular formula is C14H19N3O. The number of piperidine rings is 1. The third kappa shape index (κ3) is 2.25. The van der Waals surface area contributed by atoms with Crippen molar-refractivity contribution in [2.24, 2.45) is 0 Å². The van der Waals surface area contributed by atoms with Gasteiger partial charge in [0.2, 0.25) is 0 Å². The number of rotatable bonds is 2. The van der Waals surface area contributed by atoms with Gasteiger partial charge in [-0.2, -0.15) is 0 Å². The van der Waals surface area contributed by atoms with E-state index in [9.17, 15) is 4.79 Å². The summed E-state index contributed by atoms with van der Waals surface area (Å²) in [6.07, 6.45) is 8.24. The summed E-state index contributed by atoms with van der Waals surface area (Å²) in [5, 5.41) is 3.19. The Morgan fingerprint density at radius 3 is 2.89 bits per heavy atom. The third-order valence-electron chi connectivity index (χ3n) is 4.12. The minimum atomic E-state index is 0.0369. The van der Waals surface area contributed by atoms with Gasteiger partial charge in [-0.15, -0.1) is 0 Å². The molecule has 0 saturated carbocycles. The second-order valence-corrected chi connectivity index (χ2v) is 5.20. The zero-order valence-corrected chi connectivity index (χ0v) is 10.5. The highest BCUT2D eigenvalue weighted by atomic mass is 16.1. The average molecular weight is 245 g/mol. The SMILES string of the molecule is O=C(NC1CCN2CCCCC12)c1ccncc1. The van der Waals surface area contributed by atoms with Crippen LogP contribution in [-0.4, -0.2) is 41.0 Å². The third-order valence-corrected chi connectivity index (χ3v) is 4.12. The van der Waals surface area contributed by atoms with Crippen LogP contribution in [0.25, 0.3) is 0 Å². The van der Waals surface area contributed by atoms with Gasteiger partial charge in [0.25, 0.3) is 5.91 Å². The lowest BCUT2D eigenvalue weighted by atomic mass is 9.99. The number of fused-ring (bicyclic) bond motifs is 1. The van der Waals surface area contributed by atoms with E-state index in [2.05, 4.69) is 15.2 Å². The molecule has 18 heavy (non-hydrogen) atoms. The average Bonchev–Trinajstić information content (AvgIpc) is 2.83. The number of nitrogens with zero attached hydrogens (tertiary/aromatic N) is 2. The summed E-state index contributed by atoms with van der Waals surface area (Å²) in [5.74, 6) is 0.0369. The minimum Gasteiger partial charge on any atom is -0.348 e. The predicted octanol–water partition coefficient (Wildman–Crippen LogP) is 1.44. The molecular weight excluding hydrogens is 226 g/mol. The monoisotopic (exact) mass is 245 g/mol. The fourth-order valence-electron chi connectivity index (χ4n) is 3.17. The van der Waals surface area contributed by atoms with Crippen LogP contribution in [-0.2, 0) is 0 Å². The molecule has 2 aliphatic rings. The predicted molar refractivity (Wildman–Crippen MR) is 69.3 cm³/mol. The van der Waals surface area contributed by atoms with E-state index in [0.717, 1.165) is 13.0 Å². The highest BCUT2D eigenvalue weighted by Crippen LogP contribution is 2.27. The number of hydrogen-bond donors (Lipinski definition) is 1. The Kier molecular flexibility index (Phi) is 3.28. The van der Waals surface area contributed by atoms with Crippen LogP contribution in [0, 0.1) is 0 Å². The molecule has 2 fully saturated rings. The molecule has 0 aromatic carbocycles. The van der Waals surface area contributed by atoms with Crippen LogP contribution < -0.4 is 5.32 Å². The van der Waals surface area contributed by atoms with Crippen LogP contribution in [0.3, 0.4) is 0 Å². The summed E-state index contributed by atoms with van der Waals surface area (Å²) in [7, 11) is 0. The molecule has 4 heteroatoms. The second-order valence-electron chi connectivity index (χ2n) is 5.20.